The summed E-state index contributed by atoms with van der Waals surface area (Å²) in [5.74, 6) is -7.65. The van der Waals surface area contributed by atoms with Crippen molar-refractivity contribution >= 4 is 69.4 Å². The number of hydrogen-bond donors (Lipinski definition) is 3. The number of carbonyl (C=O) groups is 5. The summed E-state index contributed by atoms with van der Waals surface area (Å²) in [6.07, 6.45) is 3.14. The topological polar surface area (TPSA) is 230 Å². The van der Waals surface area contributed by atoms with E-state index in [0.717, 1.165) is 9.47 Å². The highest BCUT2D eigenvalue weighted by molar-refractivity contribution is 6.34. The van der Waals surface area contributed by atoms with Crippen LogP contribution in [-0.2, 0) is 41.1 Å². The van der Waals surface area contributed by atoms with Crippen molar-refractivity contribution in [1.82, 2.24) is 49.1 Å². The number of hydrogen-bond acceptors (Lipinski definition) is 12. The van der Waals surface area contributed by atoms with Gasteiger partial charge in [0.05, 0.1) is 52.3 Å². The molecule has 5 amide bonds. The van der Waals surface area contributed by atoms with E-state index in [-0.39, 0.29) is 71.4 Å². The molecule has 0 aliphatic carbocycles. The average molecular weight is 859 g/mol. The van der Waals surface area contributed by atoms with Crippen LogP contribution in [0.3, 0.4) is 0 Å². The number of aromatic nitrogens is 8. The average Bonchev–Trinajstić information content (AvgIpc) is 3.88. The Morgan fingerprint density at radius 1 is 0.934 bits per heavy atom. The van der Waals surface area contributed by atoms with Crippen LogP contribution in [0.4, 0.5) is 30.5 Å². The van der Waals surface area contributed by atoms with Gasteiger partial charge in [0, 0.05) is 49.6 Å². The molecule has 6 aromatic rings. The maximum absolute atomic E-state index is 14.9. The molecule has 0 saturated carbocycles. The Labute approximate surface area is 344 Å². The third kappa shape index (κ3) is 7.87. The third-order valence-corrected chi connectivity index (χ3v) is 10.3. The van der Waals surface area contributed by atoms with Gasteiger partial charge in [0.1, 0.15) is 17.6 Å². The fourth-order valence-corrected chi connectivity index (χ4v) is 7.26. The molecule has 3 aromatic carbocycles. The highest BCUT2D eigenvalue weighted by Gasteiger charge is 2.45. The van der Waals surface area contributed by atoms with Crippen LogP contribution in [0.2, 0.25) is 5.02 Å². The van der Waals surface area contributed by atoms with Crippen LogP contribution >= 0.6 is 11.6 Å². The number of rotatable bonds is 12. The molecule has 2 aliphatic rings. The van der Waals surface area contributed by atoms with Gasteiger partial charge in [-0.25, -0.2) is 27.3 Å². The van der Waals surface area contributed by atoms with Gasteiger partial charge in [0.25, 0.3) is 11.8 Å². The molecule has 312 valence electrons. The molecule has 0 bridgehead atoms. The van der Waals surface area contributed by atoms with Crippen molar-refractivity contribution in [2.24, 2.45) is 7.05 Å². The minimum atomic E-state index is -1.44. The van der Waals surface area contributed by atoms with Crippen molar-refractivity contribution in [2.75, 3.05) is 10.6 Å². The first kappa shape index (κ1) is 40.3. The van der Waals surface area contributed by atoms with E-state index in [0.29, 0.717) is 27.6 Å². The van der Waals surface area contributed by atoms with Crippen LogP contribution in [0.1, 0.15) is 57.7 Å². The second-order valence-corrected chi connectivity index (χ2v) is 14.6. The molecule has 3 N–H and O–H groups in total. The van der Waals surface area contributed by atoms with E-state index < -0.39 is 83.1 Å². The molecule has 1 fully saturated rings. The predicted octanol–water partition coefficient (Wildman–Crippen LogP) is 2.61. The van der Waals surface area contributed by atoms with Crippen molar-refractivity contribution < 1.29 is 37.1 Å². The van der Waals surface area contributed by atoms with Crippen molar-refractivity contribution in [2.45, 2.75) is 51.4 Å². The molecular formula is C38H30ClF3N12O7. The van der Waals surface area contributed by atoms with Crippen molar-refractivity contribution in [3.05, 3.63) is 121 Å². The van der Waals surface area contributed by atoms with Gasteiger partial charge in [0.2, 0.25) is 23.7 Å². The van der Waals surface area contributed by atoms with Gasteiger partial charge in [-0.1, -0.05) is 22.9 Å². The number of aryl methyl sites for hydroxylation is 2. The highest BCUT2D eigenvalue weighted by Crippen LogP contribution is 2.33. The lowest BCUT2D eigenvalue weighted by Gasteiger charge is -2.27. The number of fused-ring (bicyclic) bond motifs is 2. The Morgan fingerprint density at radius 2 is 1.72 bits per heavy atom. The van der Waals surface area contributed by atoms with Gasteiger partial charge in [0.15, 0.2) is 11.6 Å². The number of amides is 5. The molecule has 8 rings (SSSR count). The zero-order valence-corrected chi connectivity index (χ0v) is 32.4. The van der Waals surface area contributed by atoms with E-state index in [4.69, 9.17) is 11.6 Å². The molecule has 0 spiro atoms. The maximum atomic E-state index is 14.9. The Bertz CT molecular complexity index is 2980. The van der Waals surface area contributed by atoms with Gasteiger partial charge >= 0.3 is 11.4 Å². The summed E-state index contributed by atoms with van der Waals surface area (Å²) < 4.78 is 47.3. The van der Waals surface area contributed by atoms with Crippen molar-refractivity contribution in [1.29, 1.82) is 0 Å². The van der Waals surface area contributed by atoms with Crippen LogP contribution in [0.5, 0.6) is 0 Å². The number of imide groups is 2. The quantitative estimate of drug-likeness (QED) is 0.119. The molecule has 5 heterocycles. The lowest BCUT2D eigenvalue weighted by atomic mass is 10.0. The largest absolute Gasteiger partial charge is 0.355 e. The van der Waals surface area contributed by atoms with Crippen molar-refractivity contribution in [3.63, 3.8) is 0 Å². The van der Waals surface area contributed by atoms with Gasteiger partial charge in [-0.15, -0.1) is 5.10 Å². The zero-order valence-electron chi connectivity index (χ0n) is 31.6. The third-order valence-electron chi connectivity index (χ3n) is 9.96. The zero-order chi connectivity index (χ0) is 43.3. The molecule has 61 heavy (non-hydrogen) atoms. The number of benzene rings is 3. The highest BCUT2D eigenvalue weighted by atomic mass is 35.5. The van der Waals surface area contributed by atoms with Gasteiger partial charge in [-0.2, -0.15) is 10.1 Å². The minimum absolute atomic E-state index is 0.00165. The first-order valence-electron chi connectivity index (χ1n) is 18.4. The van der Waals surface area contributed by atoms with E-state index >= 15 is 0 Å². The number of halogens is 4. The monoisotopic (exact) mass is 858 g/mol. The summed E-state index contributed by atoms with van der Waals surface area (Å²) in [5.41, 5.74) is -1.65. The number of nitrogens with zero attached hydrogens (tertiary/aromatic N) is 9. The normalized spacial score (nSPS) is 15.1. The van der Waals surface area contributed by atoms with Gasteiger partial charge < -0.3 is 10.6 Å². The standard InChI is InChI=1S/C38H30ClF3N12O7/c1-50-14-19-11-28(22(39)12-27(19)48-50)44-36-46-37(60)53(38(61)52(36)15-18-10-24(41)25(42)13-23(18)40)17-20-16-51(49-47-20)9-3-6-30(55)43-26-5-2-4-21-32(26)35(59)54(34(21)58)29-7-8-31(56)45-33(29)57/h2,4-5,10-14,16,29H,3,6-9,15,17H2,1H3,(H,43,55)(H,44,46,60)(H,45,56,57). The van der Waals surface area contributed by atoms with Crippen LogP contribution in [0, 0.1) is 17.5 Å². The smallest absolute Gasteiger partial charge is 0.325 e. The second kappa shape index (κ2) is 15.9. The number of nitrogens with one attached hydrogen (secondary N) is 3. The van der Waals surface area contributed by atoms with Crippen molar-refractivity contribution in [3.8, 4) is 0 Å². The van der Waals surface area contributed by atoms with E-state index in [1.165, 1.54) is 35.1 Å². The lowest BCUT2D eigenvalue weighted by molar-refractivity contribution is -0.136. The van der Waals surface area contributed by atoms with E-state index in [1.54, 1.807) is 24.0 Å². The fraction of sp³-hybridized carbons (Fsp3) is 0.237. The first-order chi connectivity index (χ1) is 29.1. The molecule has 1 atom stereocenters. The molecule has 23 heteroatoms. The molecule has 1 unspecified atom stereocenters. The Kier molecular flexibility index (Phi) is 10.5. The van der Waals surface area contributed by atoms with Crippen LogP contribution in [-0.4, -0.2) is 79.4 Å². The summed E-state index contributed by atoms with van der Waals surface area (Å²) in [4.78, 5) is 95.6. The summed E-state index contributed by atoms with van der Waals surface area (Å²) in [6, 6.07) is 7.18. The summed E-state index contributed by atoms with van der Waals surface area (Å²) in [6.45, 7) is -1.02. The minimum Gasteiger partial charge on any atom is -0.325 e. The molecule has 0 radical (unpaired) electrons. The second-order valence-electron chi connectivity index (χ2n) is 14.1. The summed E-state index contributed by atoms with van der Waals surface area (Å²) in [5, 5.41) is 20.7. The maximum Gasteiger partial charge on any atom is 0.355 e. The van der Waals surface area contributed by atoms with Crippen LogP contribution in [0.15, 0.2) is 64.4 Å². The number of carbonyl (C=O) groups excluding carboxylic acids is 5. The Morgan fingerprint density at radius 3 is 2.51 bits per heavy atom. The van der Waals surface area contributed by atoms with Crippen LogP contribution < -0.4 is 27.3 Å². The lowest BCUT2D eigenvalue weighted by Crippen LogP contribution is -2.54. The van der Waals surface area contributed by atoms with E-state index in [9.17, 15) is 46.7 Å². The summed E-state index contributed by atoms with van der Waals surface area (Å²) >= 11 is 6.47. The SMILES string of the molecule is Cn1cc2cc(Nc3nc(=O)n(Cc4cn(CCCC(=O)Nc5cccc6c5C(=O)N(C5CCC(=O)NC5=O)C6=O)nn4)c(=O)n3Cc3cc(F)c(F)cc3F)c(Cl)cc2n1. The molecule has 19 nitrogen and oxygen atoms in total. The predicted molar refractivity (Wildman–Crippen MR) is 207 cm³/mol. The Hall–Kier alpha value is -7.49. The molecule has 3 aromatic heterocycles. The van der Waals surface area contributed by atoms with Crippen LogP contribution in [0.25, 0.3) is 10.9 Å². The van der Waals surface area contributed by atoms with E-state index in [1.807, 2.05) is 0 Å². The summed E-state index contributed by atoms with van der Waals surface area (Å²) in [7, 11) is 1.70. The fourth-order valence-electron chi connectivity index (χ4n) is 7.06. The Balaban J connectivity index is 0.965. The molecular weight excluding hydrogens is 829 g/mol. The molecule has 2 aliphatic heterocycles. The number of anilines is 3. The van der Waals surface area contributed by atoms with E-state index in [2.05, 4.69) is 36.3 Å². The molecule has 1 saturated heterocycles. The van der Waals surface area contributed by atoms with Gasteiger partial charge in [-0.05, 0) is 43.2 Å². The first-order valence-corrected chi connectivity index (χ1v) is 18.8. The van der Waals surface area contributed by atoms with Gasteiger partial charge in [-0.3, -0.25) is 48.1 Å². The number of piperidine rings is 1.